The molecule has 0 aliphatic heterocycles. The number of nitrogens with zero attached hydrogens (tertiary/aromatic N) is 1. The van der Waals surface area contributed by atoms with Gasteiger partial charge in [-0.25, -0.2) is 4.79 Å². The maximum atomic E-state index is 11.5. The number of halogens is 1. The van der Waals surface area contributed by atoms with E-state index in [-0.39, 0.29) is 11.4 Å². The lowest BCUT2D eigenvalue weighted by Gasteiger charge is -2.05. The molecule has 0 aliphatic carbocycles. The summed E-state index contributed by atoms with van der Waals surface area (Å²) >= 11 is 2.13. The van der Waals surface area contributed by atoms with Crippen LogP contribution in [0.3, 0.4) is 0 Å². The predicted octanol–water partition coefficient (Wildman–Crippen LogP) is 3.78. The minimum absolute atomic E-state index is 0.0802. The summed E-state index contributed by atoms with van der Waals surface area (Å²) < 4.78 is 10.9. The minimum Gasteiger partial charge on any atom is -0.395 e. The molecule has 102 valence electrons. The highest BCUT2D eigenvalue weighted by Gasteiger charge is 2.10. The normalized spacial score (nSPS) is 9.85. The fraction of sp³-hybridized carbons (Fsp3) is 0. The summed E-state index contributed by atoms with van der Waals surface area (Å²) in [4.78, 5) is 21.4. The Hall–Kier alpha value is -2.16. The molecule has 0 unspecified atom stereocenters. The number of carbonyl (C=O) groups is 1. The Morgan fingerprint density at radius 3 is 1.85 bits per heavy atom. The Kier molecular flexibility index (Phi) is 4.51. The maximum Gasteiger partial charge on any atom is 0.519 e. The van der Waals surface area contributed by atoms with Gasteiger partial charge in [-0.1, -0.05) is 0 Å². The first-order chi connectivity index (χ1) is 9.54. The zero-order valence-corrected chi connectivity index (χ0v) is 12.1. The molecule has 0 fully saturated rings. The van der Waals surface area contributed by atoms with Crippen LogP contribution in [0.15, 0.2) is 48.5 Å². The van der Waals surface area contributed by atoms with Gasteiger partial charge in [-0.3, -0.25) is 10.1 Å². The van der Waals surface area contributed by atoms with Gasteiger partial charge in [0.2, 0.25) is 0 Å². The number of ether oxygens (including phenoxy) is 2. The average Bonchev–Trinajstić information content (AvgIpc) is 2.42. The SMILES string of the molecule is O=C(Oc1ccc(I)cc1)Oc1ccc([N+](=O)[O-])cc1. The van der Waals surface area contributed by atoms with E-state index in [1.165, 1.54) is 24.3 Å². The van der Waals surface area contributed by atoms with Crippen molar-refractivity contribution in [1.82, 2.24) is 0 Å². The number of carbonyl (C=O) groups excluding carboxylic acids is 1. The summed E-state index contributed by atoms with van der Waals surface area (Å²) in [6.07, 6.45) is -0.903. The first-order valence-electron chi connectivity index (χ1n) is 5.44. The second-order valence-electron chi connectivity index (χ2n) is 3.66. The van der Waals surface area contributed by atoms with Crippen LogP contribution in [0.2, 0.25) is 0 Å². The minimum atomic E-state index is -0.903. The van der Waals surface area contributed by atoms with Crippen molar-refractivity contribution in [3.05, 3.63) is 62.2 Å². The van der Waals surface area contributed by atoms with E-state index >= 15 is 0 Å². The molecule has 2 aromatic carbocycles. The molecule has 0 saturated heterocycles. The largest absolute Gasteiger partial charge is 0.519 e. The van der Waals surface area contributed by atoms with Gasteiger partial charge in [-0.15, -0.1) is 0 Å². The number of nitro benzene ring substituents is 1. The molecule has 0 N–H and O–H groups in total. The molecule has 0 amide bonds. The van der Waals surface area contributed by atoms with Gasteiger partial charge in [-0.2, -0.15) is 0 Å². The number of nitro groups is 1. The van der Waals surface area contributed by atoms with Crippen LogP contribution in [0.4, 0.5) is 10.5 Å². The van der Waals surface area contributed by atoms with E-state index in [0.29, 0.717) is 5.75 Å². The Balaban J connectivity index is 1.97. The number of hydrogen-bond acceptors (Lipinski definition) is 5. The highest BCUT2D eigenvalue weighted by atomic mass is 127. The van der Waals surface area contributed by atoms with Crippen molar-refractivity contribution in [2.45, 2.75) is 0 Å². The molecular weight excluding hydrogens is 377 g/mol. The quantitative estimate of drug-likeness (QED) is 0.264. The summed E-state index contributed by atoms with van der Waals surface area (Å²) in [7, 11) is 0. The molecule has 0 heterocycles. The van der Waals surface area contributed by atoms with Gasteiger partial charge in [0.05, 0.1) is 4.92 Å². The monoisotopic (exact) mass is 385 g/mol. The van der Waals surface area contributed by atoms with Crippen LogP contribution >= 0.6 is 22.6 Å². The second-order valence-corrected chi connectivity index (χ2v) is 4.90. The van der Waals surface area contributed by atoms with E-state index in [1.807, 2.05) is 0 Å². The Bertz CT molecular complexity index is 624. The van der Waals surface area contributed by atoms with Crippen LogP contribution in [-0.4, -0.2) is 11.1 Å². The standard InChI is InChI=1S/C13H8INO5/c14-9-1-5-11(6-2-9)19-13(16)20-12-7-3-10(4-8-12)15(17)18/h1-8H. The number of non-ortho nitro benzene ring substituents is 1. The fourth-order valence-corrected chi connectivity index (χ4v) is 1.71. The number of benzene rings is 2. The molecular formula is C13H8INO5. The van der Waals surface area contributed by atoms with Gasteiger partial charge in [0.15, 0.2) is 0 Å². The molecule has 0 spiro atoms. The molecule has 0 bridgehead atoms. The molecule has 0 aliphatic rings. The molecule has 7 heteroatoms. The number of hydrogen-bond donors (Lipinski definition) is 0. The van der Waals surface area contributed by atoms with Gasteiger partial charge >= 0.3 is 6.16 Å². The first-order valence-corrected chi connectivity index (χ1v) is 6.52. The molecule has 20 heavy (non-hydrogen) atoms. The molecule has 0 saturated carbocycles. The van der Waals surface area contributed by atoms with Crippen LogP contribution in [-0.2, 0) is 0 Å². The van der Waals surface area contributed by atoms with Crippen molar-refractivity contribution in [1.29, 1.82) is 0 Å². The van der Waals surface area contributed by atoms with Gasteiger partial charge in [0, 0.05) is 15.7 Å². The average molecular weight is 385 g/mol. The van der Waals surface area contributed by atoms with E-state index < -0.39 is 11.1 Å². The van der Waals surface area contributed by atoms with E-state index in [9.17, 15) is 14.9 Å². The van der Waals surface area contributed by atoms with Crippen molar-refractivity contribution >= 4 is 34.4 Å². The summed E-state index contributed by atoms with van der Waals surface area (Å²) in [5.74, 6) is 0.531. The maximum absolute atomic E-state index is 11.5. The van der Waals surface area contributed by atoms with Crippen molar-refractivity contribution in [3.63, 3.8) is 0 Å². The van der Waals surface area contributed by atoms with Crippen LogP contribution < -0.4 is 9.47 Å². The third kappa shape index (κ3) is 3.92. The van der Waals surface area contributed by atoms with E-state index in [1.54, 1.807) is 24.3 Å². The van der Waals surface area contributed by atoms with Crippen LogP contribution in [0.1, 0.15) is 0 Å². The van der Waals surface area contributed by atoms with Crippen molar-refractivity contribution in [2.24, 2.45) is 0 Å². The van der Waals surface area contributed by atoms with E-state index in [0.717, 1.165) is 3.57 Å². The first kappa shape index (κ1) is 14.3. The molecule has 2 rings (SSSR count). The smallest absolute Gasteiger partial charge is 0.395 e. The van der Waals surface area contributed by atoms with Crippen LogP contribution in [0, 0.1) is 13.7 Å². The highest BCUT2D eigenvalue weighted by Crippen LogP contribution is 2.19. The molecule has 0 atom stereocenters. The highest BCUT2D eigenvalue weighted by molar-refractivity contribution is 14.1. The fourth-order valence-electron chi connectivity index (χ4n) is 1.35. The summed E-state index contributed by atoms with van der Waals surface area (Å²) in [6.45, 7) is 0. The van der Waals surface area contributed by atoms with Crippen molar-refractivity contribution in [2.75, 3.05) is 0 Å². The Morgan fingerprint density at radius 1 is 0.950 bits per heavy atom. The lowest BCUT2D eigenvalue weighted by atomic mass is 10.3. The lowest BCUT2D eigenvalue weighted by molar-refractivity contribution is -0.384. The molecule has 0 radical (unpaired) electrons. The number of rotatable bonds is 3. The second kappa shape index (κ2) is 6.33. The molecule has 2 aromatic rings. The molecule has 0 aromatic heterocycles. The van der Waals surface area contributed by atoms with Crippen molar-refractivity contribution < 1.29 is 19.2 Å². The zero-order chi connectivity index (χ0) is 14.5. The summed E-state index contributed by atoms with van der Waals surface area (Å²) in [6, 6.07) is 12.0. The zero-order valence-electron chi connectivity index (χ0n) is 9.99. The summed E-state index contributed by atoms with van der Waals surface area (Å²) in [5.41, 5.74) is -0.0802. The van der Waals surface area contributed by atoms with Gasteiger partial charge < -0.3 is 9.47 Å². The topological polar surface area (TPSA) is 78.7 Å². The van der Waals surface area contributed by atoms with E-state index in [2.05, 4.69) is 22.6 Å². The third-order valence-electron chi connectivity index (χ3n) is 2.26. The summed E-state index contributed by atoms with van der Waals surface area (Å²) in [5, 5.41) is 10.5. The van der Waals surface area contributed by atoms with Gasteiger partial charge in [0.25, 0.3) is 5.69 Å². The van der Waals surface area contributed by atoms with Gasteiger partial charge in [-0.05, 0) is 59.0 Å². The van der Waals surface area contributed by atoms with Crippen LogP contribution in [0.5, 0.6) is 11.5 Å². The third-order valence-corrected chi connectivity index (χ3v) is 2.98. The lowest BCUT2D eigenvalue weighted by Crippen LogP contribution is -2.13. The van der Waals surface area contributed by atoms with E-state index in [4.69, 9.17) is 9.47 Å². The van der Waals surface area contributed by atoms with Crippen molar-refractivity contribution in [3.8, 4) is 11.5 Å². The molecule has 6 nitrogen and oxygen atoms in total. The Labute approximate surface area is 127 Å². The van der Waals surface area contributed by atoms with Crippen LogP contribution in [0.25, 0.3) is 0 Å². The Morgan fingerprint density at radius 2 is 1.40 bits per heavy atom. The predicted molar refractivity (Wildman–Crippen MR) is 78.9 cm³/mol. The van der Waals surface area contributed by atoms with Gasteiger partial charge in [0.1, 0.15) is 11.5 Å².